The van der Waals surface area contributed by atoms with Gasteiger partial charge >= 0.3 is 0 Å². The maximum atomic E-state index is 12.8. The summed E-state index contributed by atoms with van der Waals surface area (Å²) < 4.78 is 5.61. The molecule has 2 fully saturated rings. The fourth-order valence-corrected chi connectivity index (χ4v) is 4.64. The lowest BCUT2D eigenvalue weighted by atomic mass is 9.81. The Hall–Kier alpha value is -2.14. The van der Waals surface area contributed by atoms with E-state index in [9.17, 15) is 4.79 Å². The molecule has 5 heteroatoms. The van der Waals surface area contributed by atoms with E-state index in [1.807, 2.05) is 36.4 Å². The zero-order valence-electron chi connectivity index (χ0n) is 15.4. The molecule has 0 radical (unpaired) electrons. The van der Waals surface area contributed by atoms with Crippen LogP contribution < -0.4 is 5.32 Å². The summed E-state index contributed by atoms with van der Waals surface area (Å²) in [5, 5.41) is 7.11. The lowest BCUT2D eigenvalue weighted by Gasteiger charge is -2.29. The summed E-state index contributed by atoms with van der Waals surface area (Å²) in [6.07, 6.45) is 6.65. The van der Waals surface area contributed by atoms with Gasteiger partial charge < -0.3 is 9.84 Å². The minimum Gasteiger partial charge on any atom is -0.361 e. The summed E-state index contributed by atoms with van der Waals surface area (Å²) in [4.78, 5) is 15.3. The van der Waals surface area contributed by atoms with Gasteiger partial charge in [-0.3, -0.25) is 9.69 Å². The molecule has 1 aliphatic heterocycles. The maximum Gasteiger partial charge on any atom is 0.227 e. The number of hydrogen-bond donors (Lipinski definition) is 1. The summed E-state index contributed by atoms with van der Waals surface area (Å²) in [7, 11) is 1.73. The molecule has 2 aromatic rings. The molecule has 2 heterocycles. The van der Waals surface area contributed by atoms with Gasteiger partial charge in [0, 0.05) is 37.7 Å². The fourth-order valence-electron chi connectivity index (χ4n) is 4.64. The lowest BCUT2D eigenvalue weighted by molar-refractivity contribution is -0.130. The van der Waals surface area contributed by atoms with Crippen molar-refractivity contribution in [1.82, 2.24) is 15.4 Å². The van der Waals surface area contributed by atoms with E-state index < -0.39 is 5.41 Å². The standard InChI is InChI=1S/C21H27N3O2/c1-22-20(25)21(11-12-24(15-21)17-9-5-6-10-17)14-18-13-19(23-26-18)16-7-3-2-4-8-16/h2-4,7-8,13,17H,5-6,9-12,14-15H2,1H3,(H,22,25). The van der Waals surface area contributed by atoms with Crippen molar-refractivity contribution < 1.29 is 9.32 Å². The van der Waals surface area contributed by atoms with Crippen LogP contribution in [0.2, 0.25) is 0 Å². The highest BCUT2D eigenvalue weighted by Gasteiger charge is 2.46. The van der Waals surface area contributed by atoms with Gasteiger partial charge in [0.25, 0.3) is 0 Å². The van der Waals surface area contributed by atoms with Gasteiger partial charge in [-0.05, 0) is 25.8 Å². The molecule has 1 atom stereocenters. The van der Waals surface area contributed by atoms with Crippen molar-refractivity contribution in [1.29, 1.82) is 0 Å². The van der Waals surface area contributed by atoms with Gasteiger partial charge in [0.05, 0.1) is 5.41 Å². The molecule has 5 nitrogen and oxygen atoms in total. The first kappa shape index (κ1) is 17.3. The van der Waals surface area contributed by atoms with Crippen LogP contribution in [-0.4, -0.2) is 42.1 Å². The summed E-state index contributed by atoms with van der Waals surface area (Å²) in [5.41, 5.74) is 1.46. The summed E-state index contributed by atoms with van der Waals surface area (Å²) in [6.45, 7) is 1.82. The molecule has 1 unspecified atom stereocenters. The second-order valence-electron chi connectivity index (χ2n) is 7.74. The number of nitrogens with zero attached hydrogens (tertiary/aromatic N) is 2. The Kier molecular flexibility index (Phi) is 4.81. The van der Waals surface area contributed by atoms with Gasteiger partial charge in [-0.1, -0.05) is 48.3 Å². The molecular weight excluding hydrogens is 326 g/mol. The van der Waals surface area contributed by atoms with Crippen LogP contribution in [0.4, 0.5) is 0 Å². The topological polar surface area (TPSA) is 58.4 Å². The van der Waals surface area contributed by atoms with Crippen molar-refractivity contribution in [2.75, 3.05) is 20.1 Å². The number of likely N-dealkylation sites (tertiary alicyclic amines) is 1. The van der Waals surface area contributed by atoms with Crippen molar-refractivity contribution in [2.24, 2.45) is 5.41 Å². The number of aromatic nitrogens is 1. The SMILES string of the molecule is CNC(=O)C1(Cc2cc(-c3ccccc3)no2)CCN(C2CCCC2)C1. The molecule has 1 N–H and O–H groups in total. The van der Waals surface area contributed by atoms with Crippen molar-refractivity contribution >= 4 is 5.91 Å². The second-order valence-corrected chi connectivity index (χ2v) is 7.74. The Morgan fingerprint density at radius 1 is 1.31 bits per heavy atom. The van der Waals surface area contributed by atoms with Crippen LogP contribution in [0.5, 0.6) is 0 Å². The normalized spacial score (nSPS) is 24.2. The molecule has 2 aliphatic rings. The quantitative estimate of drug-likeness (QED) is 0.896. The number of amides is 1. The van der Waals surface area contributed by atoms with E-state index in [1.54, 1.807) is 7.05 Å². The highest BCUT2D eigenvalue weighted by atomic mass is 16.5. The molecular formula is C21H27N3O2. The fraction of sp³-hybridized carbons (Fsp3) is 0.524. The smallest absolute Gasteiger partial charge is 0.227 e. The second kappa shape index (κ2) is 7.23. The molecule has 138 valence electrons. The number of benzene rings is 1. The van der Waals surface area contributed by atoms with Crippen LogP contribution in [0.1, 0.15) is 37.9 Å². The first-order valence-electron chi connectivity index (χ1n) is 9.67. The average Bonchev–Trinajstić information content (AvgIpc) is 3.43. The molecule has 4 rings (SSSR count). The molecule has 26 heavy (non-hydrogen) atoms. The first-order chi connectivity index (χ1) is 12.7. The summed E-state index contributed by atoms with van der Waals surface area (Å²) in [6, 6.07) is 12.6. The average molecular weight is 353 g/mol. The molecule has 0 spiro atoms. The molecule has 1 aromatic heterocycles. The van der Waals surface area contributed by atoms with Crippen molar-refractivity contribution in [3.8, 4) is 11.3 Å². The molecule has 1 aromatic carbocycles. The van der Waals surface area contributed by atoms with Crippen molar-refractivity contribution in [3.05, 3.63) is 42.2 Å². The third-order valence-corrected chi connectivity index (χ3v) is 6.07. The van der Waals surface area contributed by atoms with E-state index in [1.165, 1.54) is 25.7 Å². The Morgan fingerprint density at radius 3 is 2.81 bits per heavy atom. The largest absolute Gasteiger partial charge is 0.361 e. The molecule has 0 bridgehead atoms. The number of rotatable bonds is 5. The van der Waals surface area contributed by atoms with Crippen LogP contribution in [0, 0.1) is 5.41 Å². The molecule has 1 saturated carbocycles. The summed E-state index contributed by atoms with van der Waals surface area (Å²) in [5.74, 6) is 0.913. The lowest BCUT2D eigenvalue weighted by Crippen LogP contribution is -2.44. The van der Waals surface area contributed by atoms with Gasteiger partial charge in [0.1, 0.15) is 11.5 Å². The predicted molar refractivity (Wildman–Crippen MR) is 101 cm³/mol. The van der Waals surface area contributed by atoms with E-state index in [0.29, 0.717) is 12.5 Å². The van der Waals surface area contributed by atoms with Gasteiger partial charge in [-0.25, -0.2) is 0 Å². The number of hydrogen-bond acceptors (Lipinski definition) is 4. The molecule has 1 saturated heterocycles. The van der Waals surface area contributed by atoms with Crippen LogP contribution in [-0.2, 0) is 11.2 Å². The van der Waals surface area contributed by atoms with Crippen molar-refractivity contribution in [3.63, 3.8) is 0 Å². The van der Waals surface area contributed by atoms with Gasteiger partial charge in [0.15, 0.2) is 0 Å². The molecule has 1 aliphatic carbocycles. The predicted octanol–water partition coefficient (Wildman–Crippen LogP) is 3.26. The first-order valence-corrected chi connectivity index (χ1v) is 9.67. The molecule has 1 amide bonds. The third kappa shape index (κ3) is 3.28. The zero-order chi connectivity index (χ0) is 18.0. The van der Waals surface area contributed by atoms with E-state index in [-0.39, 0.29) is 5.91 Å². The van der Waals surface area contributed by atoms with E-state index in [0.717, 1.165) is 36.5 Å². The Bertz CT molecular complexity index is 752. The van der Waals surface area contributed by atoms with Gasteiger partial charge in [-0.2, -0.15) is 0 Å². The van der Waals surface area contributed by atoms with E-state index in [4.69, 9.17) is 4.52 Å². The highest BCUT2D eigenvalue weighted by Crippen LogP contribution is 2.38. The Balaban J connectivity index is 1.53. The monoisotopic (exact) mass is 353 g/mol. The number of carbonyl (C=O) groups is 1. The van der Waals surface area contributed by atoms with E-state index in [2.05, 4.69) is 15.4 Å². The number of nitrogens with one attached hydrogen (secondary N) is 1. The van der Waals surface area contributed by atoms with Crippen LogP contribution >= 0.6 is 0 Å². The van der Waals surface area contributed by atoms with E-state index >= 15 is 0 Å². The maximum absolute atomic E-state index is 12.8. The Labute approximate surface area is 154 Å². The van der Waals surface area contributed by atoms with Gasteiger partial charge in [-0.15, -0.1) is 0 Å². The van der Waals surface area contributed by atoms with Crippen LogP contribution in [0.15, 0.2) is 40.9 Å². The van der Waals surface area contributed by atoms with Crippen molar-refractivity contribution in [2.45, 2.75) is 44.6 Å². The van der Waals surface area contributed by atoms with Crippen LogP contribution in [0.25, 0.3) is 11.3 Å². The third-order valence-electron chi connectivity index (χ3n) is 6.07. The summed E-state index contributed by atoms with van der Waals surface area (Å²) >= 11 is 0. The minimum absolute atomic E-state index is 0.121. The minimum atomic E-state index is -0.412. The van der Waals surface area contributed by atoms with Crippen LogP contribution in [0.3, 0.4) is 0 Å². The van der Waals surface area contributed by atoms with Gasteiger partial charge in [0.2, 0.25) is 5.91 Å². The Morgan fingerprint density at radius 2 is 2.08 bits per heavy atom. The highest BCUT2D eigenvalue weighted by molar-refractivity contribution is 5.83. The number of carbonyl (C=O) groups excluding carboxylic acids is 1. The zero-order valence-corrected chi connectivity index (χ0v) is 15.4.